The van der Waals surface area contributed by atoms with Crippen LogP contribution in [0.4, 0.5) is 8.78 Å². The van der Waals surface area contributed by atoms with E-state index in [1.54, 1.807) is 0 Å². The van der Waals surface area contributed by atoms with Crippen LogP contribution in [0.15, 0.2) is 12.1 Å². The first-order valence-corrected chi connectivity index (χ1v) is 5.71. The molecule has 1 aliphatic rings. The van der Waals surface area contributed by atoms with Gasteiger partial charge in [0.1, 0.15) is 6.67 Å². The highest BCUT2D eigenvalue weighted by Gasteiger charge is 2.48. The fraction of sp³-hybridized carbons (Fsp3) is 0.462. The summed E-state index contributed by atoms with van der Waals surface area (Å²) in [6.07, 6.45) is 1.61. The van der Waals surface area contributed by atoms with E-state index >= 15 is 0 Å². The second kappa shape index (κ2) is 4.55. The molecule has 1 N–H and O–H groups in total. The lowest BCUT2D eigenvalue weighted by atomic mass is 9.64. The Morgan fingerprint density at radius 2 is 2.17 bits per heavy atom. The molecule has 1 aromatic carbocycles. The molecule has 0 unspecified atom stereocenters. The topological polar surface area (TPSA) is 46.5 Å². The second-order valence-electron chi connectivity index (χ2n) is 4.53. The van der Waals surface area contributed by atoms with Crippen molar-refractivity contribution in [1.82, 2.24) is 0 Å². The zero-order valence-corrected chi connectivity index (χ0v) is 10.0. The molecule has 1 saturated carbocycles. The molecule has 0 atom stereocenters. The van der Waals surface area contributed by atoms with Crippen molar-refractivity contribution in [2.24, 2.45) is 0 Å². The summed E-state index contributed by atoms with van der Waals surface area (Å²) in [5.74, 6) is -1.81. The quantitative estimate of drug-likeness (QED) is 0.901. The van der Waals surface area contributed by atoms with Crippen LogP contribution in [-0.2, 0) is 16.9 Å². The van der Waals surface area contributed by atoms with E-state index in [4.69, 9.17) is 4.74 Å². The number of benzene rings is 1. The van der Waals surface area contributed by atoms with Crippen molar-refractivity contribution >= 4 is 5.97 Å². The lowest BCUT2D eigenvalue weighted by Crippen LogP contribution is -2.42. The summed E-state index contributed by atoms with van der Waals surface area (Å²) in [6.45, 7) is -0.830. The third-order valence-corrected chi connectivity index (χ3v) is 3.59. The lowest BCUT2D eigenvalue weighted by Gasteiger charge is -2.39. The van der Waals surface area contributed by atoms with E-state index in [0.29, 0.717) is 12.8 Å². The number of ether oxygens (including phenoxy) is 1. The number of alkyl halides is 1. The highest BCUT2D eigenvalue weighted by molar-refractivity contribution is 5.83. The molecule has 0 aromatic heterocycles. The first-order chi connectivity index (χ1) is 8.55. The van der Waals surface area contributed by atoms with Gasteiger partial charge in [-0.3, -0.25) is 4.79 Å². The number of rotatable bonds is 4. The third kappa shape index (κ3) is 1.74. The number of carboxylic acids is 1. The predicted octanol–water partition coefficient (Wildman–Crippen LogP) is 2.81. The van der Waals surface area contributed by atoms with E-state index in [0.717, 1.165) is 12.5 Å². The SMILES string of the molecule is COc1c(F)cc(CF)cc1C1(C(=O)O)CCC1. The summed E-state index contributed by atoms with van der Waals surface area (Å²) in [5.41, 5.74) is -0.746. The summed E-state index contributed by atoms with van der Waals surface area (Å²) < 4.78 is 31.4. The van der Waals surface area contributed by atoms with E-state index in [2.05, 4.69) is 0 Å². The lowest BCUT2D eigenvalue weighted by molar-refractivity contribution is -0.147. The van der Waals surface area contributed by atoms with E-state index in [1.807, 2.05) is 0 Å². The van der Waals surface area contributed by atoms with Crippen molar-refractivity contribution < 1.29 is 23.4 Å². The van der Waals surface area contributed by atoms with Crippen molar-refractivity contribution in [3.05, 3.63) is 29.1 Å². The standard InChI is InChI=1S/C13H14F2O3/c1-18-11-9(5-8(7-14)6-10(11)15)13(12(16)17)3-2-4-13/h5-6H,2-4,7H2,1H3,(H,16,17). The van der Waals surface area contributed by atoms with Gasteiger partial charge in [-0.05, 0) is 30.5 Å². The molecule has 0 spiro atoms. The Morgan fingerprint density at radius 3 is 2.56 bits per heavy atom. The summed E-state index contributed by atoms with van der Waals surface area (Å²) >= 11 is 0. The van der Waals surface area contributed by atoms with Crippen molar-refractivity contribution in [1.29, 1.82) is 0 Å². The molecule has 98 valence electrons. The van der Waals surface area contributed by atoms with Gasteiger partial charge < -0.3 is 9.84 Å². The number of halogens is 2. The molecule has 0 amide bonds. The minimum Gasteiger partial charge on any atom is -0.493 e. The average Bonchev–Trinajstić information content (AvgIpc) is 2.26. The van der Waals surface area contributed by atoms with Gasteiger partial charge in [-0.25, -0.2) is 8.78 Å². The van der Waals surface area contributed by atoms with Crippen molar-refractivity contribution in [2.45, 2.75) is 31.4 Å². The summed E-state index contributed by atoms with van der Waals surface area (Å²) in [7, 11) is 1.28. The summed E-state index contributed by atoms with van der Waals surface area (Å²) in [4.78, 5) is 11.4. The molecule has 1 aliphatic carbocycles. The molecule has 0 aliphatic heterocycles. The zero-order chi connectivity index (χ0) is 13.3. The molecule has 18 heavy (non-hydrogen) atoms. The van der Waals surface area contributed by atoms with Crippen LogP contribution >= 0.6 is 0 Å². The maximum absolute atomic E-state index is 13.8. The Morgan fingerprint density at radius 1 is 1.50 bits per heavy atom. The summed E-state index contributed by atoms with van der Waals surface area (Å²) in [6, 6.07) is 2.44. The molecule has 0 bridgehead atoms. The van der Waals surface area contributed by atoms with Gasteiger partial charge >= 0.3 is 5.97 Å². The van der Waals surface area contributed by atoms with Crippen LogP contribution in [0.5, 0.6) is 5.75 Å². The van der Waals surface area contributed by atoms with E-state index in [-0.39, 0.29) is 16.9 Å². The van der Waals surface area contributed by atoms with Crippen LogP contribution in [-0.4, -0.2) is 18.2 Å². The minimum atomic E-state index is -1.13. The second-order valence-corrected chi connectivity index (χ2v) is 4.53. The molecule has 0 heterocycles. The third-order valence-electron chi connectivity index (χ3n) is 3.59. The van der Waals surface area contributed by atoms with Gasteiger partial charge in [0.05, 0.1) is 12.5 Å². The van der Waals surface area contributed by atoms with Gasteiger partial charge in [0.2, 0.25) is 0 Å². The van der Waals surface area contributed by atoms with Crippen LogP contribution in [0.3, 0.4) is 0 Å². The smallest absolute Gasteiger partial charge is 0.314 e. The van der Waals surface area contributed by atoms with Gasteiger partial charge in [-0.15, -0.1) is 0 Å². The maximum Gasteiger partial charge on any atom is 0.314 e. The van der Waals surface area contributed by atoms with Gasteiger partial charge in [0.25, 0.3) is 0 Å². The Hall–Kier alpha value is -1.65. The summed E-state index contributed by atoms with van der Waals surface area (Å²) in [5, 5.41) is 9.34. The van der Waals surface area contributed by atoms with Crippen molar-refractivity contribution in [3.63, 3.8) is 0 Å². The van der Waals surface area contributed by atoms with Crippen LogP contribution < -0.4 is 4.74 Å². The minimum absolute atomic E-state index is 0.0886. The Balaban J connectivity index is 2.61. The van der Waals surface area contributed by atoms with E-state index in [1.165, 1.54) is 13.2 Å². The fourth-order valence-corrected chi connectivity index (χ4v) is 2.42. The Labute approximate surface area is 103 Å². The highest BCUT2D eigenvalue weighted by atomic mass is 19.1. The number of hydrogen-bond acceptors (Lipinski definition) is 2. The van der Waals surface area contributed by atoms with Crippen LogP contribution in [0.2, 0.25) is 0 Å². The van der Waals surface area contributed by atoms with Crippen LogP contribution in [0, 0.1) is 5.82 Å². The first-order valence-electron chi connectivity index (χ1n) is 5.71. The average molecular weight is 256 g/mol. The number of carbonyl (C=O) groups is 1. The molecule has 1 aromatic rings. The van der Waals surface area contributed by atoms with Gasteiger partial charge in [-0.1, -0.05) is 6.42 Å². The number of methoxy groups -OCH3 is 1. The molecular formula is C13H14F2O3. The number of hydrogen-bond donors (Lipinski definition) is 1. The fourth-order valence-electron chi connectivity index (χ4n) is 2.42. The van der Waals surface area contributed by atoms with Crippen molar-refractivity contribution in [2.75, 3.05) is 7.11 Å². The van der Waals surface area contributed by atoms with Crippen LogP contribution in [0.25, 0.3) is 0 Å². The molecule has 0 saturated heterocycles. The van der Waals surface area contributed by atoms with Gasteiger partial charge in [-0.2, -0.15) is 0 Å². The number of carboxylic acid groups (broad SMARTS) is 1. The molecule has 3 nitrogen and oxygen atoms in total. The van der Waals surface area contributed by atoms with Gasteiger partial charge in [0.15, 0.2) is 11.6 Å². The molecule has 0 radical (unpaired) electrons. The molecule has 2 rings (SSSR count). The van der Waals surface area contributed by atoms with E-state index in [9.17, 15) is 18.7 Å². The monoisotopic (exact) mass is 256 g/mol. The molecule has 5 heteroatoms. The maximum atomic E-state index is 13.8. The highest BCUT2D eigenvalue weighted by Crippen LogP contribution is 2.48. The molecule has 1 fully saturated rings. The van der Waals surface area contributed by atoms with Crippen LogP contribution in [0.1, 0.15) is 30.4 Å². The predicted molar refractivity (Wildman–Crippen MR) is 60.9 cm³/mol. The normalized spacial score (nSPS) is 17.1. The van der Waals surface area contributed by atoms with Crippen molar-refractivity contribution in [3.8, 4) is 5.75 Å². The Kier molecular flexibility index (Phi) is 3.24. The first kappa shape index (κ1) is 12.8. The van der Waals surface area contributed by atoms with E-state index < -0.39 is 23.9 Å². The number of aliphatic carboxylic acids is 1. The Bertz CT molecular complexity index is 481. The molecular weight excluding hydrogens is 242 g/mol. The van der Waals surface area contributed by atoms with Gasteiger partial charge in [0, 0.05) is 5.56 Å². The zero-order valence-electron chi connectivity index (χ0n) is 10.0. The largest absolute Gasteiger partial charge is 0.493 e.